The molecule has 0 spiro atoms. The Labute approximate surface area is 485 Å². The van der Waals surface area contributed by atoms with E-state index in [1.165, 1.54) is 6.92 Å². The lowest BCUT2D eigenvalue weighted by Crippen LogP contribution is -2.62. The molecule has 0 radical (unpaired) electrons. The SMILES string of the molecule is CCCCCCCCCC(=O)NC[C@@H]1NC(=O)[C@H](CCC(=O)NCCOCCOCC(=O)NC(CCCCN)C(N)=O)NC(=O)[C@H](C)NC(=O)C(CCCN=C(N)N)NC(=O)[C@H](CCCN=C(N)N)NC(=O)[C@H](CCCN=C(N)N)NC1=O. The molecule has 32 nitrogen and oxygen atoms in total. The third-order valence-electron chi connectivity index (χ3n) is 12.7. The van der Waals surface area contributed by atoms with Crippen LogP contribution in [0.3, 0.4) is 0 Å². The molecule has 0 saturated carbocycles. The van der Waals surface area contributed by atoms with E-state index in [1.54, 1.807) is 0 Å². The monoisotopic (exact) mass is 1180 g/mol. The molecular formula is C51H96N20O12. The zero-order valence-corrected chi connectivity index (χ0v) is 48.4. The molecule has 0 aromatic rings. The summed E-state index contributed by atoms with van der Waals surface area (Å²) in [5, 5.41) is 23.5. The van der Waals surface area contributed by atoms with Crippen molar-refractivity contribution in [2.45, 2.75) is 178 Å². The number of nitrogens with zero attached hydrogens (tertiary/aromatic N) is 3. The highest BCUT2D eigenvalue weighted by Crippen LogP contribution is 2.11. The van der Waals surface area contributed by atoms with E-state index in [0.29, 0.717) is 32.2 Å². The van der Waals surface area contributed by atoms with Crippen LogP contribution in [0.15, 0.2) is 15.0 Å². The Balaban J connectivity index is 3.54. The summed E-state index contributed by atoms with van der Waals surface area (Å²) in [7, 11) is 0. The van der Waals surface area contributed by atoms with Crippen LogP contribution in [0, 0.1) is 0 Å². The first-order valence-electron chi connectivity index (χ1n) is 28.5. The Kier molecular flexibility index (Phi) is 38.9. The largest absolute Gasteiger partial charge is 0.377 e. The molecule has 0 aliphatic carbocycles. The van der Waals surface area contributed by atoms with Gasteiger partial charge in [-0.2, -0.15) is 0 Å². The Hall–Kier alpha value is -7.61. The second-order valence-corrected chi connectivity index (χ2v) is 19.9. The Morgan fingerprint density at radius 3 is 1.45 bits per heavy atom. The van der Waals surface area contributed by atoms with Crippen molar-refractivity contribution in [3.05, 3.63) is 0 Å². The predicted molar refractivity (Wildman–Crippen MR) is 311 cm³/mol. The highest BCUT2D eigenvalue weighted by molar-refractivity contribution is 5.98. The van der Waals surface area contributed by atoms with Crippen molar-refractivity contribution in [3.8, 4) is 0 Å². The molecule has 1 fully saturated rings. The molecule has 32 heteroatoms. The summed E-state index contributed by atoms with van der Waals surface area (Å²) in [5.74, 6) is -8.24. The molecule has 1 saturated heterocycles. The minimum absolute atomic E-state index is 0.00142. The van der Waals surface area contributed by atoms with Crippen molar-refractivity contribution >= 4 is 77.0 Å². The summed E-state index contributed by atoms with van der Waals surface area (Å²) in [6.07, 6.45) is 7.76. The van der Waals surface area contributed by atoms with Crippen LogP contribution < -0.4 is 93.7 Å². The molecule has 2 unspecified atom stereocenters. The van der Waals surface area contributed by atoms with E-state index in [0.717, 1.165) is 38.5 Å². The molecule has 0 aromatic heterocycles. The van der Waals surface area contributed by atoms with Crippen molar-refractivity contribution in [3.63, 3.8) is 0 Å². The molecule has 1 heterocycles. The van der Waals surface area contributed by atoms with Crippen LogP contribution in [-0.4, -0.2) is 185 Å². The molecule has 0 bridgehead atoms. The van der Waals surface area contributed by atoms with Crippen molar-refractivity contribution in [2.24, 2.45) is 60.8 Å². The summed E-state index contributed by atoms with van der Waals surface area (Å²) < 4.78 is 10.8. The van der Waals surface area contributed by atoms with Crippen LogP contribution in [0.5, 0.6) is 0 Å². The van der Waals surface area contributed by atoms with Gasteiger partial charge in [0.1, 0.15) is 48.9 Å². The van der Waals surface area contributed by atoms with Gasteiger partial charge in [-0.1, -0.05) is 45.4 Å². The number of rotatable bonds is 39. The van der Waals surface area contributed by atoms with E-state index < -0.39 is 108 Å². The van der Waals surface area contributed by atoms with Gasteiger partial charge in [-0.15, -0.1) is 0 Å². The minimum atomic E-state index is -1.59. The third kappa shape index (κ3) is 35.8. The quantitative estimate of drug-likeness (QED) is 0.0155. The van der Waals surface area contributed by atoms with Crippen molar-refractivity contribution < 1.29 is 57.4 Å². The number of primary amides is 1. The first kappa shape index (κ1) is 73.4. The standard InChI is InChI=1S/C51H96N20O12/c1-3-4-5-6-7-8-9-19-39(72)64-30-38-48(81)70-36(18-14-25-63-51(58)59)46(79)69-35(17-13-24-62-50(56)57)45(78)68-34(16-12-23-61-49(54)55)44(77)65-32(2)43(76)67-37(47(80)71-38)20-21-40(73)60-26-27-82-28-29-83-31-41(74)66-33(42(53)75)15-10-11-22-52/h32-38H,3-31,52H2,1-2H3,(H2,53,75)(H,60,73)(H,64,72)(H,65,77)(H,66,74)(H,67,76)(H,68,78)(H,69,79)(H,70,81)(H,71,80)(H4,54,55,61)(H4,56,57,62)(H4,58,59,63)/t32-,33?,34?,35-,36-,37-,38-/m0/s1. The average Bonchev–Trinajstić information content (AvgIpc) is 3.44. The minimum Gasteiger partial charge on any atom is -0.377 e. The molecule has 472 valence electrons. The van der Waals surface area contributed by atoms with Crippen LogP contribution in [0.25, 0.3) is 0 Å². The highest BCUT2D eigenvalue weighted by Gasteiger charge is 2.35. The lowest BCUT2D eigenvalue weighted by Gasteiger charge is -2.29. The van der Waals surface area contributed by atoms with Gasteiger partial charge in [-0.3, -0.25) is 62.9 Å². The maximum absolute atomic E-state index is 14.4. The van der Waals surface area contributed by atoms with Crippen LogP contribution in [0.1, 0.15) is 136 Å². The van der Waals surface area contributed by atoms with Gasteiger partial charge in [-0.25, -0.2) is 0 Å². The molecule has 7 atom stereocenters. The van der Waals surface area contributed by atoms with E-state index in [1.807, 2.05) is 0 Å². The molecule has 1 aliphatic rings. The number of guanidine groups is 3. The van der Waals surface area contributed by atoms with E-state index in [-0.39, 0.29) is 128 Å². The fourth-order valence-electron chi connectivity index (χ4n) is 8.13. The molecule has 25 N–H and O–H groups in total. The zero-order chi connectivity index (χ0) is 62.0. The maximum Gasteiger partial charge on any atom is 0.246 e. The number of hydrogen-bond donors (Lipinski definition) is 17. The zero-order valence-electron chi connectivity index (χ0n) is 48.4. The van der Waals surface area contributed by atoms with Crippen molar-refractivity contribution in [2.75, 3.05) is 65.7 Å². The molecule has 0 aromatic carbocycles. The Morgan fingerprint density at radius 2 is 0.940 bits per heavy atom. The maximum atomic E-state index is 14.4. The predicted octanol–water partition coefficient (Wildman–Crippen LogP) is -5.62. The summed E-state index contributed by atoms with van der Waals surface area (Å²) >= 11 is 0. The molecule has 1 aliphatic heterocycles. The van der Waals surface area contributed by atoms with Crippen LogP contribution >= 0.6 is 0 Å². The fourth-order valence-corrected chi connectivity index (χ4v) is 8.13. The lowest BCUT2D eigenvalue weighted by molar-refractivity contribution is -0.137. The number of nitrogens with two attached hydrogens (primary N) is 8. The molecule has 10 amide bonds. The van der Waals surface area contributed by atoms with Gasteiger partial charge in [0, 0.05) is 45.6 Å². The van der Waals surface area contributed by atoms with E-state index in [4.69, 9.17) is 55.3 Å². The number of carbonyl (C=O) groups excluding carboxylic acids is 10. The third-order valence-corrected chi connectivity index (χ3v) is 12.7. The summed E-state index contributed by atoms with van der Waals surface area (Å²) in [6.45, 7) is 3.18. The summed E-state index contributed by atoms with van der Waals surface area (Å²) in [4.78, 5) is 148. The van der Waals surface area contributed by atoms with Gasteiger partial charge in [0.05, 0.1) is 19.8 Å². The second-order valence-electron chi connectivity index (χ2n) is 19.9. The van der Waals surface area contributed by atoms with Gasteiger partial charge in [-0.05, 0) is 84.1 Å². The van der Waals surface area contributed by atoms with E-state index >= 15 is 0 Å². The average molecular weight is 1180 g/mol. The van der Waals surface area contributed by atoms with Gasteiger partial charge in [0.15, 0.2) is 17.9 Å². The first-order chi connectivity index (χ1) is 39.6. The second kappa shape index (κ2) is 44.0. The van der Waals surface area contributed by atoms with Crippen LogP contribution in [-0.2, 0) is 57.4 Å². The molecule has 1 rings (SSSR count). The number of unbranched alkanes of at least 4 members (excludes halogenated alkanes) is 7. The number of carbonyl (C=O) groups is 10. The lowest BCUT2D eigenvalue weighted by atomic mass is 10.0. The topological polar surface area (TPSA) is 543 Å². The normalized spacial score (nSPS) is 19.3. The van der Waals surface area contributed by atoms with E-state index in [9.17, 15) is 47.9 Å². The van der Waals surface area contributed by atoms with Crippen LogP contribution in [0.2, 0.25) is 0 Å². The van der Waals surface area contributed by atoms with E-state index in [2.05, 4.69) is 69.8 Å². The number of nitrogens with one attached hydrogen (secondary N) is 9. The van der Waals surface area contributed by atoms with Crippen molar-refractivity contribution in [1.29, 1.82) is 0 Å². The Morgan fingerprint density at radius 1 is 0.494 bits per heavy atom. The smallest absolute Gasteiger partial charge is 0.246 e. The van der Waals surface area contributed by atoms with Crippen LogP contribution in [0.4, 0.5) is 0 Å². The molecule has 83 heavy (non-hydrogen) atoms. The number of hydrogen-bond acceptors (Lipinski definition) is 16. The van der Waals surface area contributed by atoms with Gasteiger partial charge in [0.25, 0.3) is 0 Å². The first-order valence-corrected chi connectivity index (χ1v) is 28.5. The highest BCUT2D eigenvalue weighted by atomic mass is 16.5. The number of ether oxygens (including phenoxy) is 2. The number of amides is 10. The summed E-state index contributed by atoms with van der Waals surface area (Å²) in [5.41, 5.74) is 44.0. The van der Waals surface area contributed by atoms with Gasteiger partial charge < -0.3 is 103 Å². The van der Waals surface area contributed by atoms with Gasteiger partial charge >= 0.3 is 0 Å². The fraction of sp³-hybridized carbons (Fsp3) is 0.745. The van der Waals surface area contributed by atoms with Crippen molar-refractivity contribution in [1.82, 2.24) is 47.9 Å². The van der Waals surface area contributed by atoms with Gasteiger partial charge in [0.2, 0.25) is 59.1 Å². The molecular weight excluding hydrogens is 1080 g/mol. The summed E-state index contributed by atoms with van der Waals surface area (Å²) in [6, 6.07) is -9.51. The number of aliphatic imine (C=N–C) groups is 3. The Bertz CT molecular complexity index is 2120.